The van der Waals surface area contributed by atoms with Crippen LogP contribution in [0, 0.1) is 6.92 Å². The Balaban J connectivity index is 2.24. The third-order valence-electron chi connectivity index (χ3n) is 5.86. The number of ether oxygens (including phenoxy) is 2. The van der Waals surface area contributed by atoms with E-state index in [4.69, 9.17) is 15.2 Å². The number of nitrogens with two attached hydrogens (primary N) is 1. The molecule has 4 rings (SSSR count). The summed E-state index contributed by atoms with van der Waals surface area (Å²) in [4.78, 5) is 42.1. The van der Waals surface area contributed by atoms with Crippen molar-refractivity contribution in [3.63, 3.8) is 0 Å². The highest BCUT2D eigenvalue weighted by molar-refractivity contribution is 6.18. The van der Waals surface area contributed by atoms with E-state index in [1.807, 2.05) is 13.8 Å². The topological polar surface area (TPSA) is 104 Å². The molecule has 0 saturated carbocycles. The summed E-state index contributed by atoms with van der Waals surface area (Å²) in [7, 11) is 2.81. The number of aryl methyl sites for hydroxylation is 1. The van der Waals surface area contributed by atoms with Crippen LogP contribution in [0.5, 0.6) is 5.75 Å². The van der Waals surface area contributed by atoms with Gasteiger partial charge in [-0.3, -0.25) is 9.59 Å². The average molecular weight is 409 g/mol. The van der Waals surface area contributed by atoms with Crippen LogP contribution in [0.4, 0.5) is 5.69 Å². The van der Waals surface area contributed by atoms with Crippen LogP contribution < -0.4 is 20.9 Å². The first-order chi connectivity index (χ1) is 14.2. The zero-order valence-corrected chi connectivity index (χ0v) is 17.5. The highest BCUT2D eigenvalue weighted by atomic mass is 16.5. The minimum Gasteiger partial charge on any atom is -0.465 e. The second kappa shape index (κ2) is 6.48. The Bertz CT molecular complexity index is 1190. The summed E-state index contributed by atoms with van der Waals surface area (Å²) in [5.41, 5.74) is 5.61. The van der Waals surface area contributed by atoms with Gasteiger partial charge in [0.25, 0.3) is 5.56 Å². The number of benzene rings is 1. The second-order valence-corrected chi connectivity index (χ2v) is 7.76. The van der Waals surface area contributed by atoms with E-state index in [1.54, 1.807) is 49.2 Å². The maximum atomic E-state index is 14.1. The van der Waals surface area contributed by atoms with Crippen molar-refractivity contribution < 1.29 is 19.1 Å². The van der Waals surface area contributed by atoms with Crippen LogP contribution >= 0.6 is 0 Å². The molecule has 2 aliphatic heterocycles. The minimum atomic E-state index is -1.76. The van der Waals surface area contributed by atoms with Crippen molar-refractivity contribution in [3.05, 3.63) is 69.0 Å². The van der Waals surface area contributed by atoms with Gasteiger partial charge in [-0.25, -0.2) is 4.79 Å². The van der Waals surface area contributed by atoms with Gasteiger partial charge in [0, 0.05) is 36.1 Å². The van der Waals surface area contributed by atoms with E-state index in [2.05, 4.69) is 0 Å². The molecule has 0 saturated heterocycles. The molecule has 3 heterocycles. The number of amides is 1. The fourth-order valence-corrected chi connectivity index (χ4v) is 4.45. The van der Waals surface area contributed by atoms with E-state index in [-0.39, 0.29) is 28.8 Å². The molecule has 1 spiro atoms. The maximum absolute atomic E-state index is 14.1. The number of anilines is 1. The molecule has 2 aromatic rings. The summed E-state index contributed by atoms with van der Waals surface area (Å²) in [6.07, 6.45) is 0. The molecule has 2 aliphatic rings. The molecule has 1 aromatic heterocycles. The van der Waals surface area contributed by atoms with E-state index in [1.165, 1.54) is 11.7 Å². The molecule has 0 bridgehead atoms. The molecular weight excluding hydrogens is 386 g/mol. The number of rotatable bonds is 2. The van der Waals surface area contributed by atoms with Crippen LogP contribution in [-0.2, 0) is 26.8 Å². The molecule has 8 nitrogen and oxygen atoms in total. The van der Waals surface area contributed by atoms with Gasteiger partial charge < -0.3 is 24.7 Å². The van der Waals surface area contributed by atoms with Gasteiger partial charge in [-0.15, -0.1) is 0 Å². The first-order valence-corrected chi connectivity index (χ1v) is 9.58. The number of carbonyl (C=O) groups is 2. The Labute approximate surface area is 173 Å². The van der Waals surface area contributed by atoms with Crippen LogP contribution in [0.3, 0.4) is 0 Å². The Morgan fingerprint density at radius 2 is 1.90 bits per heavy atom. The number of carbonyl (C=O) groups excluding carboxylic acids is 2. The fourth-order valence-electron chi connectivity index (χ4n) is 4.45. The predicted octanol–water partition coefficient (Wildman–Crippen LogP) is 1.47. The van der Waals surface area contributed by atoms with Gasteiger partial charge in [-0.2, -0.15) is 0 Å². The molecule has 0 aliphatic carbocycles. The molecule has 8 heteroatoms. The Hall–Kier alpha value is -3.55. The average Bonchev–Trinajstić information content (AvgIpc) is 2.95. The van der Waals surface area contributed by atoms with Gasteiger partial charge in [0.15, 0.2) is 0 Å². The van der Waals surface area contributed by atoms with Crippen molar-refractivity contribution in [2.45, 2.75) is 32.2 Å². The van der Waals surface area contributed by atoms with Crippen molar-refractivity contribution >= 4 is 17.6 Å². The lowest BCUT2D eigenvalue weighted by Gasteiger charge is -2.36. The van der Waals surface area contributed by atoms with Gasteiger partial charge in [0.2, 0.25) is 11.8 Å². The van der Waals surface area contributed by atoms with Crippen LogP contribution in [-0.4, -0.2) is 29.6 Å². The number of fused-ring (bicyclic) bond motifs is 4. The van der Waals surface area contributed by atoms with E-state index >= 15 is 0 Å². The Morgan fingerprint density at radius 3 is 2.53 bits per heavy atom. The summed E-state index contributed by atoms with van der Waals surface area (Å²) >= 11 is 0. The van der Waals surface area contributed by atoms with Crippen LogP contribution in [0.2, 0.25) is 0 Å². The Kier molecular flexibility index (Phi) is 4.27. The van der Waals surface area contributed by atoms with E-state index in [0.29, 0.717) is 16.9 Å². The summed E-state index contributed by atoms with van der Waals surface area (Å²) in [6.45, 7) is 5.48. The molecule has 30 heavy (non-hydrogen) atoms. The van der Waals surface area contributed by atoms with Crippen LogP contribution in [0.15, 0.2) is 46.6 Å². The molecule has 1 aromatic carbocycles. The zero-order valence-electron chi connectivity index (χ0n) is 17.5. The van der Waals surface area contributed by atoms with E-state index in [9.17, 15) is 14.4 Å². The molecular formula is C22H23N3O5. The monoisotopic (exact) mass is 409 g/mol. The maximum Gasteiger partial charge on any atom is 0.340 e. The SMILES string of the molecule is COC(=O)C1=C(N)Oc2cc(C)n(C)c(=O)c2C12C(=O)N(C(C)C)c1ccccc12. The van der Waals surface area contributed by atoms with Crippen molar-refractivity contribution in [1.29, 1.82) is 0 Å². The third kappa shape index (κ3) is 2.24. The first kappa shape index (κ1) is 19.8. The molecule has 156 valence electrons. The van der Waals surface area contributed by atoms with Crippen molar-refractivity contribution in [2.24, 2.45) is 12.8 Å². The zero-order chi connectivity index (χ0) is 22.0. The van der Waals surface area contributed by atoms with Gasteiger partial charge in [0.1, 0.15) is 16.7 Å². The van der Waals surface area contributed by atoms with Gasteiger partial charge in [-0.05, 0) is 26.8 Å². The van der Waals surface area contributed by atoms with Crippen molar-refractivity contribution in [2.75, 3.05) is 12.0 Å². The smallest absolute Gasteiger partial charge is 0.340 e. The number of esters is 1. The number of hydrogen-bond acceptors (Lipinski definition) is 6. The molecule has 1 unspecified atom stereocenters. The van der Waals surface area contributed by atoms with Gasteiger partial charge in [-0.1, -0.05) is 18.2 Å². The highest BCUT2D eigenvalue weighted by Crippen LogP contribution is 2.54. The number of methoxy groups -OCH3 is 1. The molecule has 2 N–H and O–H groups in total. The largest absolute Gasteiger partial charge is 0.465 e. The van der Waals surface area contributed by atoms with Gasteiger partial charge in [0.05, 0.1) is 12.7 Å². The lowest BCUT2D eigenvalue weighted by molar-refractivity contribution is -0.138. The lowest BCUT2D eigenvalue weighted by Crippen LogP contribution is -2.52. The standard InChI is InChI=1S/C22H23N3O5/c1-11(2)25-14-9-7-6-8-13(14)22(21(25)28)16-15(10-12(3)24(4)19(16)26)30-18(23)17(22)20(27)29-5/h6-11H,23H2,1-5H3. The lowest BCUT2D eigenvalue weighted by atomic mass is 9.68. The summed E-state index contributed by atoms with van der Waals surface area (Å²) in [5.74, 6) is -1.35. The molecule has 0 radical (unpaired) electrons. The number of para-hydroxylation sites is 1. The second-order valence-electron chi connectivity index (χ2n) is 7.76. The normalized spacial score (nSPS) is 19.8. The van der Waals surface area contributed by atoms with Crippen molar-refractivity contribution in [1.82, 2.24) is 4.57 Å². The van der Waals surface area contributed by atoms with Gasteiger partial charge >= 0.3 is 5.97 Å². The summed E-state index contributed by atoms with van der Waals surface area (Å²) < 4.78 is 12.1. The third-order valence-corrected chi connectivity index (χ3v) is 5.86. The quantitative estimate of drug-likeness (QED) is 0.754. The highest BCUT2D eigenvalue weighted by Gasteiger charge is 2.62. The fraction of sp³-hybridized carbons (Fsp3) is 0.318. The molecule has 1 amide bonds. The number of aromatic nitrogens is 1. The molecule has 0 fully saturated rings. The van der Waals surface area contributed by atoms with Crippen LogP contribution in [0.25, 0.3) is 0 Å². The predicted molar refractivity (Wildman–Crippen MR) is 110 cm³/mol. The van der Waals surface area contributed by atoms with Crippen LogP contribution in [0.1, 0.15) is 30.7 Å². The van der Waals surface area contributed by atoms with E-state index < -0.39 is 22.9 Å². The summed E-state index contributed by atoms with van der Waals surface area (Å²) in [5, 5.41) is 0. The van der Waals surface area contributed by atoms with E-state index in [0.717, 1.165) is 0 Å². The number of pyridine rings is 1. The van der Waals surface area contributed by atoms with Crippen molar-refractivity contribution in [3.8, 4) is 5.75 Å². The summed E-state index contributed by atoms with van der Waals surface area (Å²) in [6, 6.07) is 8.52. The number of hydrogen-bond donors (Lipinski definition) is 1. The minimum absolute atomic E-state index is 0.0609. The number of nitrogens with zero attached hydrogens (tertiary/aromatic N) is 2. The molecule has 1 atom stereocenters. The Morgan fingerprint density at radius 1 is 1.23 bits per heavy atom. The first-order valence-electron chi connectivity index (χ1n) is 9.58.